The van der Waals surface area contributed by atoms with Crippen LogP contribution in [0.15, 0.2) is 0 Å². The average Bonchev–Trinajstić information content (AvgIpc) is 1.93. The van der Waals surface area contributed by atoms with Gasteiger partial charge in [0.2, 0.25) is 0 Å². The van der Waals surface area contributed by atoms with Crippen molar-refractivity contribution in [3.05, 3.63) is 0 Å². The lowest BCUT2D eigenvalue weighted by Crippen LogP contribution is -2.56. The van der Waals surface area contributed by atoms with Gasteiger partial charge in [-0.05, 0) is 36.6 Å². The molecule has 0 radical (unpaired) electrons. The van der Waals surface area contributed by atoms with Gasteiger partial charge in [-0.15, -0.1) is 0 Å². The summed E-state index contributed by atoms with van der Waals surface area (Å²) in [5, 5.41) is 19.8. The molecule has 3 heteroatoms. The lowest BCUT2D eigenvalue weighted by atomic mass is 9.62. The number of hydrogen-bond donors (Lipinski definition) is 2. The predicted octanol–water partition coefficient (Wildman–Crippen LogP) is 1.85. The van der Waals surface area contributed by atoms with Gasteiger partial charge in [-0.1, -0.05) is 19.6 Å². The molecule has 2 saturated carbocycles. The molecule has 2 aliphatic rings. The Hall–Kier alpha value is 0.137. The summed E-state index contributed by atoms with van der Waals surface area (Å²) in [7, 11) is -1.12. The van der Waals surface area contributed by atoms with Gasteiger partial charge >= 0.3 is 0 Å². The summed E-state index contributed by atoms with van der Waals surface area (Å²) < 4.78 is 0. The fraction of sp³-hybridized carbons (Fsp3) is 1.00. The lowest BCUT2D eigenvalue weighted by molar-refractivity contribution is -0.0941. The summed E-state index contributed by atoms with van der Waals surface area (Å²) in [5.41, 5.74) is 0.734. The number of rotatable bonds is 1. The minimum Gasteiger partial charge on any atom is -0.393 e. The zero-order valence-corrected chi connectivity index (χ0v) is 10.4. The molecule has 5 unspecified atom stereocenters. The second-order valence-electron chi connectivity index (χ2n) is 6.16. The van der Waals surface area contributed by atoms with E-state index in [1.807, 2.05) is 0 Å². The molecule has 0 heterocycles. The van der Waals surface area contributed by atoms with Crippen LogP contribution in [0, 0.1) is 11.8 Å². The summed E-state index contributed by atoms with van der Waals surface area (Å²) in [6, 6.07) is 0. The van der Waals surface area contributed by atoms with E-state index >= 15 is 0 Å². The molecule has 0 aromatic rings. The number of fused-ring (bicyclic) bond motifs is 1. The van der Waals surface area contributed by atoms with E-state index in [0.29, 0.717) is 11.8 Å². The first kappa shape index (κ1) is 10.6. The van der Waals surface area contributed by atoms with Crippen molar-refractivity contribution in [3.63, 3.8) is 0 Å². The van der Waals surface area contributed by atoms with Gasteiger partial charge in [0, 0.05) is 8.07 Å². The molecule has 2 rings (SSSR count). The molecule has 2 aliphatic carbocycles. The van der Waals surface area contributed by atoms with Crippen LogP contribution in [0.25, 0.3) is 0 Å². The Bertz CT molecular complexity index is 224. The van der Waals surface area contributed by atoms with Gasteiger partial charge in [-0.25, -0.2) is 0 Å². The Balaban J connectivity index is 2.08. The highest BCUT2D eigenvalue weighted by Gasteiger charge is 2.54. The summed E-state index contributed by atoms with van der Waals surface area (Å²) >= 11 is 0. The van der Waals surface area contributed by atoms with Crippen LogP contribution >= 0.6 is 0 Å². The maximum atomic E-state index is 9.96. The van der Waals surface area contributed by atoms with Crippen LogP contribution in [-0.2, 0) is 0 Å². The van der Waals surface area contributed by atoms with E-state index in [2.05, 4.69) is 19.6 Å². The molecule has 0 bridgehead atoms. The van der Waals surface area contributed by atoms with Crippen LogP contribution in [0.5, 0.6) is 0 Å². The molecule has 0 spiro atoms. The Labute approximate surface area is 87.3 Å². The van der Waals surface area contributed by atoms with Crippen molar-refractivity contribution in [2.45, 2.75) is 56.7 Å². The Morgan fingerprint density at radius 3 is 2.14 bits per heavy atom. The van der Waals surface area contributed by atoms with E-state index in [9.17, 15) is 10.2 Å². The fourth-order valence-electron chi connectivity index (χ4n) is 3.36. The quantitative estimate of drug-likeness (QED) is 0.654. The molecule has 0 saturated heterocycles. The van der Waals surface area contributed by atoms with Gasteiger partial charge in [0.1, 0.15) is 0 Å². The van der Waals surface area contributed by atoms with Gasteiger partial charge in [0.15, 0.2) is 0 Å². The minimum absolute atomic E-state index is 0.129. The van der Waals surface area contributed by atoms with Gasteiger partial charge < -0.3 is 10.2 Å². The van der Waals surface area contributed by atoms with Crippen molar-refractivity contribution in [1.29, 1.82) is 0 Å². The highest BCUT2D eigenvalue weighted by Crippen LogP contribution is 2.56. The highest BCUT2D eigenvalue weighted by molar-refractivity contribution is 6.77. The summed E-state index contributed by atoms with van der Waals surface area (Å²) in [6.07, 6.45) is 2.52. The number of aliphatic hydroxyl groups excluding tert-OH is 2. The summed E-state index contributed by atoms with van der Waals surface area (Å²) in [5.74, 6) is 0.834. The van der Waals surface area contributed by atoms with Crippen LogP contribution in [0.3, 0.4) is 0 Å². The zero-order valence-electron chi connectivity index (χ0n) is 9.40. The van der Waals surface area contributed by atoms with Gasteiger partial charge in [0.25, 0.3) is 0 Å². The van der Waals surface area contributed by atoms with Crippen LogP contribution in [0.1, 0.15) is 19.3 Å². The van der Waals surface area contributed by atoms with Crippen molar-refractivity contribution in [2.24, 2.45) is 11.8 Å². The maximum absolute atomic E-state index is 9.96. The Kier molecular flexibility index (Phi) is 2.53. The van der Waals surface area contributed by atoms with E-state index in [0.717, 1.165) is 18.4 Å². The summed E-state index contributed by atoms with van der Waals surface area (Å²) in [6.45, 7) is 7.13. The topological polar surface area (TPSA) is 40.5 Å². The highest BCUT2D eigenvalue weighted by atomic mass is 28.3. The fourth-order valence-corrected chi connectivity index (χ4v) is 5.96. The SMILES string of the molecule is C[Si](C)(C)C1CC2C(O)CCC(O)C21. The molecule has 0 aromatic carbocycles. The van der Waals surface area contributed by atoms with Crippen molar-refractivity contribution >= 4 is 8.07 Å². The third kappa shape index (κ3) is 1.55. The van der Waals surface area contributed by atoms with Gasteiger partial charge in [0.05, 0.1) is 12.2 Å². The third-order valence-corrected chi connectivity index (χ3v) is 7.14. The van der Waals surface area contributed by atoms with Crippen molar-refractivity contribution < 1.29 is 10.2 Å². The molecule has 0 aliphatic heterocycles. The molecule has 2 nitrogen and oxygen atoms in total. The minimum atomic E-state index is -1.12. The molecule has 2 fully saturated rings. The molecule has 14 heavy (non-hydrogen) atoms. The molecule has 82 valence electrons. The van der Waals surface area contributed by atoms with E-state index < -0.39 is 8.07 Å². The largest absolute Gasteiger partial charge is 0.393 e. The molecule has 0 amide bonds. The van der Waals surface area contributed by atoms with E-state index in [4.69, 9.17) is 0 Å². The van der Waals surface area contributed by atoms with Gasteiger partial charge in [-0.3, -0.25) is 0 Å². The van der Waals surface area contributed by atoms with E-state index in [1.165, 1.54) is 6.42 Å². The summed E-state index contributed by atoms with van der Waals surface area (Å²) in [4.78, 5) is 0. The zero-order chi connectivity index (χ0) is 10.5. The van der Waals surface area contributed by atoms with Crippen molar-refractivity contribution in [2.75, 3.05) is 0 Å². The second-order valence-corrected chi connectivity index (χ2v) is 11.6. The first-order valence-electron chi connectivity index (χ1n) is 5.77. The lowest BCUT2D eigenvalue weighted by Gasteiger charge is -2.56. The molecular weight excluding hydrogens is 192 g/mol. The van der Waals surface area contributed by atoms with Crippen LogP contribution in [0.4, 0.5) is 0 Å². The average molecular weight is 214 g/mol. The number of aliphatic hydroxyl groups is 2. The van der Waals surface area contributed by atoms with E-state index in [-0.39, 0.29) is 12.2 Å². The Morgan fingerprint density at radius 2 is 1.57 bits per heavy atom. The monoisotopic (exact) mass is 214 g/mol. The van der Waals surface area contributed by atoms with Crippen LogP contribution in [0.2, 0.25) is 25.2 Å². The molecule has 0 aromatic heterocycles. The number of hydrogen-bond acceptors (Lipinski definition) is 2. The van der Waals surface area contributed by atoms with Crippen molar-refractivity contribution in [3.8, 4) is 0 Å². The normalized spacial score (nSPS) is 48.2. The first-order chi connectivity index (χ1) is 6.41. The van der Waals surface area contributed by atoms with Crippen LogP contribution < -0.4 is 0 Å². The second kappa shape index (κ2) is 3.32. The Morgan fingerprint density at radius 1 is 1.00 bits per heavy atom. The molecule has 2 N–H and O–H groups in total. The van der Waals surface area contributed by atoms with Gasteiger partial charge in [-0.2, -0.15) is 0 Å². The first-order valence-corrected chi connectivity index (χ1v) is 9.35. The standard InChI is InChI=1S/C11H22O2Si/c1-14(2,3)10-6-7-8(12)4-5-9(13)11(7)10/h7-13H,4-6H2,1-3H3. The smallest absolute Gasteiger partial charge is 0.0572 e. The molecular formula is C11H22O2Si. The maximum Gasteiger partial charge on any atom is 0.0572 e. The predicted molar refractivity (Wildman–Crippen MR) is 59.9 cm³/mol. The van der Waals surface area contributed by atoms with Crippen molar-refractivity contribution in [1.82, 2.24) is 0 Å². The third-order valence-electron chi connectivity index (χ3n) is 4.29. The van der Waals surface area contributed by atoms with E-state index in [1.54, 1.807) is 0 Å². The molecule has 5 atom stereocenters. The van der Waals surface area contributed by atoms with Crippen LogP contribution in [-0.4, -0.2) is 30.5 Å².